The Bertz CT molecular complexity index is 595. The fraction of sp³-hybridized carbons (Fsp3) is 0.615. The Morgan fingerprint density at radius 2 is 2.05 bits per heavy atom. The first-order valence-corrected chi connectivity index (χ1v) is 6.59. The quantitative estimate of drug-likeness (QED) is 0.884. The van der Waals surface area contributed by atoms with Crippen molar-refractivity contribution < 1.29 is 4.79 Å². The topological polar surface area (TPSA) is 75.1 Å². The highest BCUT2D eigenvalue weighted by atomic mass is 16.1. The monoisotopic (exact) mass is 263 g/mol. The second-order valence-corrected chi connectivity index (χ2v) is 5.45. The van der Waals surface area contributed by atoms with Gasteiger partial charge < -0.3 is 5.32 Å². The van der Waals surface area contributed by atoms with Crippen LogP contribution in [0, 0.1) is 19.8 Å². The Kier molecular flexibility index (Phi) is 3.59. The molecule has 0 saturated carbocycles. The summed E-state index contributed by atoms with van der Waals surface area (Å²) in [5.74, 6) is 1.02. The molecule has 0 bridgehead atoms. The van der Waals surface area contributed by atoms with Gasteiger partial charge in [0.25, 0.3) is 0 Å². The fourth-order valence-corrected chi connectivity index (χ4v) is 1.98. The van der Waals surface area contributed by atoms with Crippen LogP contribution < -0.4 is 5.32 Å². The summed E-state index contributed by atoms with van der Waals surface area (Å²) < 4.78 is 1.66. The highest BCUT2D eigenvalue weighted by Crippen LogP contribution is 2.15. The maximum atomic E-state index is 11.7. The van der Waals surface area contributed by atoms with Crippen LogP contribution in [0.5, 0.6) is 0 Å². The van der Waals surface area contributed by atoms with E-state index >= 15 is 0 Å². The number of rotatable bonds is 4. The van der Waals surface area contributed by atoms with Gasteiger partial charge in [0.1, 0.15) is 0 Å². The number of hydrogen-bond acceptors (Lipinski definition) is 3. The van der Waals surface area contributed by atoms with Crippen LogP contribution in [-0.4, -0.2) is 25.7 Å². The second-order valence-electron chi connectivity index (χ2n) is 5.45. The van der Waals surface area contributed by atoms with Crippen LogP contribution in [0.2, 0.25) is 0 Å². The molecule has 104 valence electrons. The minimum absolute atomic E-state index is 0.0360. The third-order valence-electron chi connectivity index (χ3n) is 3.15. The number of H-pyrrole nitrogens is 1. The number of nitrogens with zero attached hydrogens (tertiary/aromatic N) is 3. The van der Waals surface area contributed by atoms with Crippen molar-refractivity contribution in [2.45, 2.75) is 47.1 Å². The van der Waals surface area contributed by atoms with E-state index in [-0.39, 0.29) is 11.9 Å². The lowest BCUT2D eigenvalue weighted by Crippen LogP contribution is -2.28. The first-order chi connectivity index (χ1) is 8.88. The minimum Gasteiger partial charge on any atom is -0.346 e. The standard InChI is InChI=1S/C13H21N5O/c1-7(2)6-11(19)14-10(5)12-15-13-8(3)9(4)16-18(13)17-12/h7,10,16H,6H2,1-5H3,(H,14,19). The van der Waals surface area contributed by atoms with Crippen LogP contribution >= 0.6 is 0 Å². The van der Waals surface area contributed by atoms with Gasteiger partial charge in [-0.2, -0.15) is 4.63 Å². The van der Waals surface area contributed by atoms with Gasteiger partial charge in [0.2, 0.25) is 5.91 Å². The third kappa shape index (κ3) is 2.77. The number of aryl methyl sites for hydroxylation is 2. The molecule has 0 aliphatic rings. The molecule has 0 fully saturated rings. The average Bonchev–Trinajstić information content (AvgIpc) is 2.79. The van der Waals surface area contributed by atoms with Gasteiger partial charge in [-0.1, -0.05) is 13.8 Å². The van der Waals surface area contributed by atoms with Crippen LogP contribution in [0.3, 0.4) is 0 Å². The van der Waals surface area contributed by atoms with Gasteiger partial charge in [0.05, 0.1) is 6.04 Å². The summed E-state index contributed by atoms with van der Waals surface area (Å²) in [7, 11) is 0. The molecule has 0 aromatic carbocycles. The number of hydrogen-bond donors (Lipinski definition) is 2. The van der Waals surface area contributed by atoms with Gasteiger partial charge in [-0.25, -0.2) is 4.98 Å². The molecule has 2 N–H and O–H groups in total. The predicted octanol–water partition coefficient (Wildman–Crippen LogP) is 1.90. The summed E-state index contributed by atoms with van der Waals surface area (Å²) in [4.78, 5) is 16.2. The molecule has 0 aliphatic heterocycles. The van der Waals surface area contributed by atoms with Crippen molar-refractivity contribution >= 4 is 11.6 Å². The van der Waals surface area contributed by atoms with Gasteiger partial charge in [0.15, 0.2) is 11.5 Å². The lowest BCUT2D eigenvalue weighted by atomic mass is 10.1. The van der Waals surface area contributed by atoms with Crippen molar-refractivity contribution in [2.75, 3.05) is 0 Å². The zero-order chi connectivity index (χ0) is 14.2. The number of aromatic amines is 1. The van der Waals surface area contributed by atoms with Crippen LogP contribution in [-0.2, 0) is 4.79 Å². The van der Waals surface area contributed by atoms with Crippen LogP contribution in [0.15, 0.2) is 0 Å². The molecule has 0 spiro atoms. The van der Waals surface area contributed by atoms with Crippen LogP contribution in [0.4, 0.5) is 0 Å². The molecule has 0 aliphatic carbocycles. The van der Waals surface area contributed by atoms with Crippen molar-refractivity contribution in [1.29, 1.82) is 0 Å². The Morgan fingerprint density at radius 1 is 1.37 bits per heavy atom. The zero-order valence-electron chi connectivity index (χ0n) is 12.1. The summed E-state index contributed by atoms with van der Waals surface area (Å²) in [6, 6.07) is -0.181. The largest absolute Gasteiger partial charge is 0.346 e. The lowest BCUT2D eigenvalue weighted by Gasteiger charge is -2.11. The van der Waals surface area contributed by atoms with Gasteiger partial charge in [-0.3, -0.25) is 9.89 Å². The van der Waals surface area contributed by atoms with E-state index in [1.807, 2.05) is 34.6 Å². The molecule has 2 heterocycles. The summed E-state index contributed by atoms with van der Waals surface area (Å²) in [6.45, 7) is 9.93. The zero-order valence-corrected chi connectivity index (χ0v) is 12.1. The molecule has 6 nitrogen and oxygen atoms in total. The number of carbonyl (C=O) groups is 1. The number of fused-ring (bicyclic) bond motifs is 1. The molecule has 2 rings (SSSR count). The first kappa shape index (κ1) is 13.6. The van der Waals surface area contributed by atoms with Gasteiger partial charge in [-0.15, -0.1) is 5.10 Å². The van der Waals surface area contributed by atoms with Gasteiger partial charge >= 0.3 is 0 Å². The van der Waals surface area contributed by atoms with Gasteiger partial charge in [-0.05, 0) is 26.7 Å². The highest BCUT2D eigenvalue weighted by molar-refractivity contribution is 5.76. The van der Waals surface area contributed by atoms with E-state index in [1.165, 1.54) is 0 Å². The summed E-state index contributed by atoms with van der Waals surface area (Å²) in [6.07, 6.45) is 0.522. The summed E-state index contributed by atoms with van der Waals surface area (Å²) in [5.41, 5.74) is 2.95. The summed E-state index contributed by atoms with van der Waals surface area (Å²) in [5, 5.41) is 10.4. The summed E-state index contributed by atoms with van der Waals surface area (Å²) >= 11 is 0. The Labute approximate surface area is 112 Å². The van der Waals surface area contributed by atoms with E-state index in [0.29, 0.717) is 18.2 Å². The van der Waals surface area contributed by atoms with E-state index in [1.54, 1.807) is 4.63 Å². The Hall–Kier alpha value is -1.85. The van der Waals surface area contributed by atoms with Crippen molar-refractivity contribution in [3.8, 4) is 0 Å². The van der Waals surface area contributed by atoms with Crippen molar-refractivity contribution in [3.05, 3.63) is 17.1 Å². The van der Waals surface area contributed by atoms with E-state index in [9.17, 15) is 4.79 Å². The number of aromatic nitrogens is 4. The second kappa shape index (κ2) is 5.03. The lowest BCUT2D eigenvalue weighted by molar-refractivity contribution is -0.122. The molecule has 6 heteroatoms. The molecule has 1 atom stereocenters. The number of nitrogens with one attached hydrogen (secondary N) is 2. The van der Waals surface area contributed by atoms with E-state index < -0.39 is 0 Å². The molecular formula is C13H21N5O. The maximum absolute atomic E-state index is 11.7. The fourth-order valence-electron chi connectivity index (χ4n) is 1.98. The number of carbonyl (C=O) groups excluding carboxylic acids is 1. The first-order valence-electron chi connectivity index (χ1n) is 6.59. The normalized spacial score (nSPS) is 13.2. The third-order valence-corrected chi connectivity index (χ3v) is 3.15. The smallest absolute Gasteiger partial charge is 0.220 e. The van der Waals surface area contributed by atoms with Gasteiger partial charge in [0, 0.05) is 17.7 Å². The molecule has 2 aromatic rings. The molecule has 0 saturated heterocycles. The molecule has 1 unspecified atom stereocenters. The Morgan fingerprint density at radius 3 is 2.63 bits per heavy atom. The van der Waals surface area contributed by atoms with E-state index in [2.05, 4.69) is 20.5 Å². The predicted molar refractivity (Wildman–Crippen MR) is 72.8 cm³/mol. The average molecular weight is 263 g/mol. The van der Waals surface area contributed by atoms with Crippen LogP contribution in [0.25, 0.3) is 5.65 Å². The minimum atomic E-state index is -0.181. The highest BCUT2D eigenvalue weighted by Gasteiger charge is 2.17. The molecular weight excluding hydrogens is 242 g/mol. The SMILES string of the molecule is Cc1[nH]n2nc(C(C)NC(=O)CC(C)C)nc2c1C. The van der Waals surface area contributed by atoms with Crippen LogP contribution in [0.1, 0.15) is 50.3 Å². The maximum Gasteiger partial charge on any atom is 0.220 e. The molecule has 2 aromatic heterocycles. The van der Waals surface area contributed by atoms with Crippen molar-refractivity contribution in [3.63, 3.8) is 0 Å². The number of amides is 1. The van der Waals surface area contributed by atoms with E-state index in [0.717, 1.165) is 16.9 Å². The van der Waals surface area contributed by atoms with Crippen molar-refractivity contribution in [2.24, 2.45) is 5.92 Å². The molecule has 19 heavy (non-hydrogen) atoms. The van der Waals surface area contributed by atoms with Crippen molar-refractivity contribution in [1.82, 2.24) is 25.1 Å². The van der Waals surface area contributed by atoms with E-state index in [4.69, 9.17) is 0 Å². The Balaban J connectivity index is 2.13. The molecule has 1 amide bonds. The molecule has 0 radical (unpaired) electrons.